The Hall–Kier alpha value is -2.14. The van der Waals surface area contributed by atoms with Gasteiger partial charge in [0.05, 0.1) is 0 Å². The topological polar surface area (TPSA) is 49.6 Å². The van der Waals surface area contributed by atoms with Gasteiger partial charge in [0.25, 0.3) is 5.91 Å². The molecular weight excluding hydrogens is 350 g/mol. The molecule has 0 radical (unpaired) electrons. The molecule has 2 bridgehead atoms. The number of piperidine rings is 1. The molecule has 1 aromatic carbocycles. The zero-order valence-electron chi connectivity index (χ0n) is 16.8. The number of nitrogens with zero attached hydrogens (tertiary/aromatic N) is 3. The van der Waals surface area contributed by atoms with Crippen LogP contribution in [0.4, 0.5) is 0 Å². The summed E-state index contributed by atoms with van der Waals surface area (Å²) < 4.78 is 5.38. The number of amides is 1. The number of hydrogen-bond acceptors (Lipinski definition) is 4. The third-order valence-corrected chi connectivity index (χ3v) is 6.87. The van der Waals surface area contributed by atoms with Crippen LogP contribution in [0.2, 0.25) is 0 Å². The van der Waals surface area contributed by atoms with E-state index in [0.717, 1.165) is 44.7 Å². The van der Waals surface area contributed by atoms with E-state index in [1.165, 1.54) is 17.5 Å². The number of rotatable bonds is 3. The third-order valence-electron chi connectivity index (χ3n) is 6.87. The minimum absolute atomic E-state index is 0.0434. The number of aromatic nitrogens is 1. The maximum atomic E-state index is 13.2. The normalized spacial score (nSPS) is 25.3. The summed E-state index contributed by atoms with van der Waals surface area (Å²) in [6, 6.07) is 11.5. The summed E-state index contributed by atoms with van der Waals surface area (Å²) in [5.74, 6) is 1.63. The van der Waals surface area contributed by atoms with E-state index in [9.17, 15) is 4.79 Å². The van der Waals surface area contributed by atoms with Crippen LogP contribution in [0, 0.1) is 5.92 Å². The van der Waals surface area contributed by atoms with Gasteiger partial charge in [-0.3, -0.25) is 9.69 Å². The second-order valence-corrected chi connectivity index (χ2v) is 9.11. The smallest absolute Gasteiger partial charge is 0.276 e. The van der Waals surface area contributed by atoms with Gasteiger partial charge in [-0.1, -0.05) is 43.3 Å². The maximum absolute atomic E-state index is 13.2. The Morgan fingerprint density at radius 3 is 2.50 bits per heavy atom. The van der Waals surface area contributed by atoms with Gasteiger partial charge >= 0.3 is 0 Å². The van der Waals surface area contributed by atoms with Crippen LogP contribution in [0.25, 0.3) is 0 Å². The molecule has 28 heavy (non-hydrogen) atoms. The molecule has 0 saturated carbocycles. The Balaban J connectivity index is 1.32. The number of hydrogen-bond donors (Lipinski definition) is 0. The van der Waals surface area contributed by atoms with Gasteiger partial charge < -0.3 is 9.42 Å². The summed E-state index contributed by atoms with van der Waals surface area (Å²) in [4.78, 5) is 17.9. The standard InChI is InChI=1S/C23H29N3O2/c1-15(2)22-11-21(24-28-22)23(27)26-13-16-7-8-19(26)14-25(12-16)20-9-17-5-3-4-6-18(17)10-20/h3-6,11,15-16,19-20H,7-10,12-14H2,1-2H3/t16-,19+/m0/s1. The summed E-state index contributed by atoms with van der Waals surface area (Å²) in [7, 11) is 0. The monoisotopic (exact) mass is 379 g/mol. The van der Waals surface area contributed by atoms with Crippen molar-refractivity contribution in [3.8, 4) is 0 Å². The van der Waals surface area contributed by atoms with Gasteiger partial charge in [0.15, 0.2) is 5.69 Å². The molecule has 148 valence electrons. The molecular formula is C23H29N3O2. The van der Waals surface area contributed by atoms with Crippen LogP contribution in [0.3, 0.4) is 0 Å². The first-order valence-corrected chi connectivity index (χ1v) is 10.7. The highest BCUT2D eigenvalue weighted by Gasteiger charge is 2.41. The van der Waals surface area contributed by atoms with Crippen molar-refractivity contribution in [3.05, 3.63) is 52.9 Å². The van der Waals surface area contributed by atoms with Crippen LogP contribution in [0.5, 0.6) is 0 Å². The molecule has 0 unspecified atom stereocenters. The summed E-state index contributed by atoms with van der Waals surface area (Å²) in [5, 5.41) is 4.07. The van der Waals surface area contributed by atoms with E-state index in [0.29, 0.717) is 17.7 Å². The largest absolute Gasteiger partial charge is 0.360 e. The summed E-state index contributed by atoms with van der Waals surface area (Å²) in [6.45, 7) is 7.05. The zero-order chi connectivity index (χ0) is 19.3. The van der Waals surface area contributed by atoms with E-state index >= 15 is 0 Å². The van der Waals surface area contributed by atoms with Crippen LogP contribution >= 0.6 is 0 Å². The fourth-order valence-corrected chi connectivity index (χ4v) is 5.27. The molecule has 3 aliphatic heterocycles. The average Bonchev–Trinajstić information content (AvgIpc) is 3.26. The first kappa shape index (κ1) is 17.9. The predicted molar refractivity (Wildman–Crippen MR) is 107 cm³/mol. The Kier molecular flexibility index (Phi) is 4.50. The highest BCUT2D eigenvalue weighted by atomic mass is 16.5. The van der Waals surface area contributed by atoms with Gasteiger partial charge in [-0.25, -0.2) is 0 Å². The van der Waals surface area contributed by atoms with Crippen molar-refractivity contribution in [1.82, 2.24) is 15.0 Å². The molecule has 1 aromatic heterocycles. The van der Waals surface area contributed by atoms with Gasteiger partial charge in [0, 0.05) is 43.7 Å². The minimum Gasteiger partial charge on any atom is -0.360 e. The molecule has 1 amide bonds. The Labute approximate surface area is 166 Å². The second-order valence-electron chi connectivity index (χ2n) is 9.11. The fourth-order valence-electron chi connectivity index (χ4n) is 5.27. The minimum atomic E-state index is 0.0434. The number of benzene rings is 1. The quantitative estimate of drug-likeness (QED) is 0.819. The van der Waals surface area contributed by atoms with Crippen molar-refractivity contribution >= 4 is 5.91 Å². The molecule has 0 spiro atoms. The van der Waals surface area contributed by atoms with Crippen LogP contribution in [0.15, 0.2) is 34.9 Å². The average molecular weight is 380 g/mol. The van der Waals surface area contributed by atoms with Gasteiger partial charge in [0.2, 0.25) is 0 Å². The van der Waals surface area contributed by atoms with Crippen molar-refractivity contribution in [3.63, 3.8) is 0 Å². The van der Waals surface area contributed by atoms with E-state index < -0.39 is 0 Å². The van der Waals surface area contributed by atoms with E-state index in [-0.39, 0.29) is 17.9 Å². The van der Waals surface area contributed by atoms with E-state index in [1.54, 1.807) is 0 Å². The molecule has 3 saturated heterocycles. The molecule has 0 N–H and O–H groups in total. The van der Waals surface area contributed by atoms with Crippen molar-refractivity contribution in [2.24, 2.45) is 5.92 Å². The summed E-state index contributed by atoms with van der Waals surface area (Å²) >= 11 is 0. The lowest BCUT2D eigenvalue weighted by atomic mass is 9.94. The fraction of sp³-hybridized carbons (Fsp3) is 0.565. The first-order chi connectivity index (χ1) is 13.6. The predicted octanol–water partition coefficient (Wildman–Crippen LogP) is 3.50. The number of carbonyl (C=O) groups excluding carboxylic acids is 1. The molecule has 4 aliphatic rings. The Morgan fingerprint density at radius 1 is 1.07 bits per heavy atom. The summed E-state index contributed by atoms with van der Waals surface area (Å²) in [5.41, 5.74) is 3.47. The van der Waals surface area contributed by atoms with Crippen molar-refractivity contribution in [1.29, 1.82) is 0 Å². The molecule has 4 heterocycles. The van der Waals surface area contributed by atoms with Crippen LogP contribution in [0.1, 0.15) is 60.0 Å². The van der Waals surface area contributed by atoms with Crippen molar-refractivity contribution in [2.45, 2.75) is 57.5 Å². The summed E-state index contributed by atoms with van der Waals surface area (Å²) in [6.07, 6.45) is 4.61. The Bertz CT molecular complexity index is 849. The van der Waals surface area contributed by atoms with Gasteiger partial charge in [0.1, 0.15) is 5.76 Å². The highest BCUT2D eigenvalue weighted by molar-refractivity contribution is 5.92. The van der Waals surface area contributed by atoms with E-state index in [2.05, 4.69) is 53.1 Å². The molecule has 5 heteroatoms. The molecule has 6 rings (SSSR count). The van der Waals surface area contributed by atoms with Crippen LogP contribution in [-0.2, 0) is 12.8 Å². The SMILES string of the molecule is CC(C)c1cc(C(=O)N2C[C@H]3CC[C@@H]2CN(C2Cc4ccccc4C2)C3)no1. The van der Waals surface area contributed by atoms with Gasteiger partial charge in [-0.2, -0.15) is 0 Å². The number of fused-ring (bicyclic) bond motifs is 5. The molecule has 3 fully saturated rings. The number of carbonyl (C=O) groups is 1. The Morgan fingerprint density at radius 2 is 1.82 bits per heavy atom. The van der Waals surface area contributed by atoms with E-state index in [1.807, 2.05) is 6.07 Å². The third kappa shape index (κ3) is 3.16. The molecule has 2 aromatic rings. The lowest BCUT2D eigenvalue weighted by Gasteiger charge is -2.35. The lowest BCUT2D eigenvalue weighted by molar-refractivity contribution is 0.0571. The lowest BCUT2D eigenvalue weighted by Crippen LogP contribution is -2.48. The molecule has 5 nitrogen and oxygen atoms in total. The van der Waals surface area contributed by atoms with Crippen molar-refractivity contribution in [2.75, 3.05) is 19.6 Å². The van der Waals surface area contributed by atoms with Crippen LogP contribution in [-0.4, -0.2) is 52.6 Å². The first-order valence-electron chi connectivity index (χ1n) is 10.7. The maximum Gasteiger partial charge on any atom is 0.276 e. The van der Waals surface area contributed by atoms with Gasteiger partial charge in [-0.05, 0) is 42.7 Å². The molecule has 1 aliphatic carbocycles. The van der Waals surface area contributed by atoms with E-state index in [4.69, 9.17) is 4.52 Å². The second kappa shape index (κ2) is 7.03. The zero-order valence-corrected chi connectivity index (χ0v) is 16.8. The highest BCUT2D eigenvalue weighted by Crippen LogP contribution is 2.33. The van der Waals surface area contributed by atoms with Gasteiger partial charge in [-0.15, -0.1) is 0 Å². The van der Waals surface area contributed by atoms with Crippen LogP contribution < -0.4 is 0 Å². The molecule has 2 atom stereocenters. The van der Waals surface area contributed by atoms with Crippen molar-refractivity contribution < 1.29 is 9.32 Å².